The molecule has 1 rings (SSSR count). The number of alkyl halides is 1. The monoisotopic (exact) mass is 306 g/mol. The molecule has 0 atom stereocenters. The SMILES string of the molecule is Cc1cccc(CBr)c1OCCS(C)(=O)=O. The number of ether oxygens (including phenoxy) is 1. The number of hydrogen-bond acceptors (Lipinski definition) is 3. The fourth-order valence-corrected chi connectivity index (χ4v) is 2.15. The lowest BCUT2D eigenvalue weighted by Crippen LogP contribution is -2.13. The summed E-state index contributed by atoms with van der Waals surface area (Å²) in [6, 6.07) is 5.86. The summed E-state index contributed by atoms with van der Waals surface area (Å²) < 4.78 is 27.5. The maximum atomic E-state index is 11.0. The number of sulfone groups is 1. The molecule has 0 aliphatic heterocycles. The van der Waals surface area contributed by atoms with Gasteiger partial charge in [-0.3, -0.25) is 0 Å². The Balaban J connectivity index is 2.73. The third-order valence-electron chi connectivity index (χ3n) is 2.14. The first-order valence-electron chi connectivity index (χ1n) is 4.89. The van der Waals surface area contributed by atoms with E-state index < -0.39 is 9.84 Å². The minimum absolute atomic E-state index is 0.0447. The van der Waals surface area contributed by atoms with Crippen LogP contribution in [-0.4, -0.2) is 27.0 Å². The minimum atomic E-state index is -2.96. The van der Waals surface area contributed by atoms with E-state index in [-0.39, 0.29) is 12.4 Å². The summed E-state index contributed by atoms with van der Waals surface area (Å²) in [7, 11) is -2.96. The van der Waals surface area contributed by atoms with E-state index in [1.54, 1.807) is 0 Å². The molecule has 0 saturated carbocycles. The van der Waals surface area contributed by atoms with Gasteiger partial charge in [0.1, 0.15) is 12.4 Å². The second-order valence-corrected chi connectivity index (χ2v) is 6.50. The number of rotatable bonds is 5. The van der Waals surface area contributed by atoms with Gasteiger partial charge in [-0.05, 0) is 12.5 Å². The molecule has 0 spiro atoms. The van der Waals surface area contributed by atoms with Gasteiger partial charge in [0.05, 0.1) is 5.75 Å². The highest BCUT2D eigenvalue weighted by Crippen LogP contribution is 2.25. The molecular weight excluding hydrogens is 292 g/mol. The Morgan fingerprint density at radius 1 is 1.38 bits per heavy atom. The van der Waals surface area contributed by atoms with E-state index in [0.717, 1.165) is 16.9 Å². The minimum Gasteiger partial charge on any atom is -0.492 e. The van der Waals surface area contributed by atoms with Crippen LogP contribution in [-0.2, 0) is 15.2 Å². The normalized spacial score (nSPS) is 11.4. The second-order valence-electron chi connectivity index (χ2n) is 3.68. The lowest BCUT2D eigenvalue weighted by molar-refractivity contribution is 0.336. The Kier molecular flexibility index (Phi) is 4.80. The highest BCUT2D eigenvalue weighted by molar-refractivity contribution is 9.08. The topological polar surface area (TPSA) is 43.4 Å². The lowest BCUT2D eigenvalue weighted by Gasteiger charge is -2.12. The summed E-state index contributed by atoms with van der Waals surface area (Å²) in [5.74, 6) is 0.825. The molecule has 0 heterocycles. The van der Waals surface area contributed by atoms with Gasteiger partial charge >= 0.3 is 0 Å². The quantitative estimate of drug-likeness (QED) is 0.784. The second kappa shape index (κ2) is 5.68. The maximum absolute atomic E-state index is 11.0. The molecule has 3 nitrogen and oxygen atoms in total. The van der Waals surface area contributed by atoms with Crippen molar-refractivity contribution in [1.82, 2.24) is 0 Å². The van der Waals surface area contributed by atoms with Crippen molar-refractivity contribution in [1.29, 1.82) is 0 Å². The van der Waals surface area contributed by atoms with Crippen molar-refractivity contribution >= 4 is 25.8 Å². The molecule has 0 saturated heterocycles. The van der Waals surface area contributed by atoms with E-state index in [4.69, 9.17) is 4.74 Å². The van der Waals surface area contributed by atoms with Crippen LogP contribution in [0, 0.1) is 6.92 Å². The molecule has 16 heavy (non-hydrogen) atoms. The van der Waals surface area contributed by atoms with Crippen LogP contribution in [0.4, 0.5) is 0 Å². The summed E-state index contributed by atoms with van der Waals surface area (Å²) in [6.45, 7) is 2.14. The average Bonchev–Trinajstić information content (AvgIpc) is 2.18. The molecule has 0 N–H and O–H groups in total. The molecule has 0 amide bonds. The molecule has 0 fully saturated rings. The largest absolute Gasteiger partial charge is 0.492 e. The van der Waals surface area contributed by atoms with Crippen molar-refractivity contribution in [2.45, 2.75) is 12.3 Å². The van der Waals surface area contributed by atoms with Gasteiger partial charge < -0.3 is 4.74 Å². The van der Waals surface area contributed by atoms with Crippen LogP contribution in [0.25, 0.3) is 0 Å². The smallest absolute Gasteiger partial charge is 0.150 e. The Morgan fingerprint density at radius 2 is 2.06 bits per heavy atom. The average molecular weight is 307 g/mol. The summed E-state index contributed by atoms with van der Waals surface area (Å²) in [5.41, 5.74) is 2.05. The Bertz CT molecular complexity index is 454. The van der Waals surface area contributed by atoms with E-state index in [2.05, 4.69) is 15.9 Å². The van der Waals surface area contributed by atoms with Crippen LogP contribution < -0.4 is 4.74 Å². The predicted octanol–water partition coefficient (Wildman–Crippen LogP) is 2.31. The number of halogens is 1. The van der Waals surface area contributed by atoms with Gasteiger partial charge in [0.25, 0.3) is 0 Å². The van der Waals surface area contributed by atoms with Gasteiger partial charge in [0.15, 0.2) is 9.84 Å². The van der Waals surface area contributed by atoms with Crippen LogP contribution in [0.3, 0.4) is 0 Å². The molecular formula is C11H15BrO3S. The van der Waals surface area contributed by atoms with Gasteiger partial charge in [-0.1, -0.05) is 34.1 Å². The zero-order valence-corrected chi connectivity index (χ0v) is 11.8. The first-order valence-corrected chi connectivity index (χ1v) is 8.07. The number of aryl methyl sites for hydroxylation is 1. The van der Waals surface area contributed by atoms with E-state index in [0.29, 0.717) is 5.33 Å². The van der Waals surface area contributed by atoms with Crippen molar-refractivity contribution in [3.05, 3.63) is 29.3 Å². The highest BCUT2D eigenvalue weighted by atomic mass is 79.9. The molecule has 0 bridgehead atoms. The Morgan fingerprint density at radius 3 is 2.62 bits per heavy atom. The van der Waals surface area contributed by atoms with Crippen LogP contribution in [0.1, 0.15) is 11.1 Å². The van der Waals surface area contributed by atoms with Gasteiger partial charge in [-0.15, -0.1) is 0 Å². The lowest BCUT2D eigenvalue weighted by atomic mass is 10.1. The third kappa shape index (κ3) is 4.14. The first-order chi connectivity index (χ1) is 7.44. The van der Waals surface area contributed by atoms with E-state index in [1.807, 2.05) is 25.1 Å². The van der Waals surface area contributed by atoms with Crippen molar-refractivity contribution in [3.8, 4) is 5.75 Å². The van der Waals surface area contributed by atoms with Gasteiger partial charge in [-0.2, -0.15) is 0 Å². The molecule has 0 aliphatic carbocycles. The van der Waals surface area contributed by atoms with Crippen molar-refractivity contribution in [2.75, 3.05) is 18.6 Å². The van der Waals surface area contributed by atoms with E-state index in [1.165, 1.54) is 6.26 Å². The molecule has 1 aromatic carbocycles. The molecule has 0 radical (unpaired) electrons. The maximum Gasteiger partial charge on any atom is 0.150 e. The fraction of sp³-hybridized carbons (Fsp3) is 0.455. The van der Waals surface area contributed by atoms with Gasteiger partial charge in [-0.25, -0.2) is 8.42 Å². The van der Waals surface area contributed by atoms with Crippen LogP contribution >= 0.6 is 15.9 Å². The number of benzene rings is 1. The zero-order chi connectivity index (χ0) is 12.2. The van der Waals surface area contributed by atoms with Crippen molar-refractivity contribution < 1.29 is 13.2 Å². The van der Waals surface area contributed by atoms with Crippen molar-refractivity contribution in [2.24, 2.45) is 0 Å². The van der Waals surface area contributed by atoms with E-state index >= 15 is 0 Å². The molecule has 90 valence electrons. The van der Waals surface area contributed by atoms with Gasteiger partial charge in [0.2, 0.25) is 0 Å². The summed E-state index contributed by atoms with van der Waals surface area (Å²) in [4.78, 5) is 0. The van der Waals surface area contributed by atoms with E-state index in [9.17, 15) is 8.42 Å². The van der Waals surface area contributed by atoms with Crippen molar-refractivity contribution in [3.63, 3.8) is 0 Å². The molecule has 0 unspecified atom stereocenters. The van der Waals surface area contributed by atoms with Crippen LogP contribution in [0.15, 0.2) is 18.2 Å². The number of para-hydroxylation sites is 1. The first kappa shape index (κ1) is 13.5. The highest BCUT2D eigenvalue weighted by Gasteiger charge is 2.07. The summed E-state index contributed by atoms with van der Waals surface area (Å²) in [5, 5.41) is 0.697. The van der Waals surface area contributed by atoms with Crippen LogP contribution in [0.5, 0.6) is 5.75 Å². The molecule has 5 heteroatoms. The summed E-state index contributed by atoms with van der Waals surface area (Å²) >= 11 is 3.38. The molecule has 1 aromatic rings. The summed E-state index contributed by atoms with van der Waals surface area (Å²) in [6.07, 6.45) is 1.21. The third-order valence-corrected chi connectivity index (χ3v) is 3.65. The Labute approximate surface area is 105 Å². The van der Waals surface area contributed by atoms with Gasteiger partial charge in [0, 0.05) is 17.1 Å². The Hall–Kier alpha value is -0.550. The molecule has 0 aliphatic rings. The zero-order valence-electron chi connectivity index (χ0n) is 9.36. The predicted molar refractivity (Wildman–Crippen MR) is 69.0 cm³/mol. The fourth-order valence-electron chi connectivity index (χ4n) is 1.32. The number of hydrogen-bond donors (Lipinski definition) is 0. The standard InChI is InChI=1S/C11H15BrO3S/c1-9-4-3-5-10(8-12)11(9)15-6-7-16(2,13)14/h3-5H,6-8H2,1-2H3. The molecule has 0 aromatic heterocycles. The van der Waals surface area contributed by atoms with Crippen LogP contribution in [0.2, 0.25) is 0 Å².